The van der Waals surface area contributed by atoms with E-state index in [1.165, 1.54) is 12.1 Å². The molecule has 1 saturated heterocycles. The number of rotatable bonds is 6. The van der Waals surface area contributed by atoms with Gasteiger partial charge < -0.3 is 9.63 Å². The Kier molecular flexibility index (Phi) is 5.69. The molecule has 1 aliphatic rings. The lowest BCUT2D eigenvalue weighted by atomic mass is 9.75. The van der Waals surface area contributed by atoms with Gasteiger partial charge in [-0.15, -0.1) is 0 Å². The van der Waals surface area contributed by atoms with Crippen molar-refractivity contribution >= 4 is 0 Å². The molecule has 4 rings (SSSR count). The summed E-state index contributed by atoms with van der Waals surface area (Å²) in [6.07, 6.45) is 1.99. The highest BCUT2D eigenvalue weighted by Crippen LogP contribution is 2.34. The molecule has 1 aromatic heterocycles. The summed E-state index contributed by atoms with van der Waals surface area (Å²) in [7, 11) is 0. The highest BCUT2D eigenvalue weighted by atomic mass is 19.1. The minimum absolute atomic E-state index is 0.0700. The minimum Gasteiger partial charge on any atom is -0.396 e. The van der Waals surface area contributed by atoms with E-state index in [0.717, 1.165) is 31.0 Å². The van der Waals surface area contributed by atoms with Crippen LogP contribution in [-0.2, 0) is 13.0 Å². The van der Waals surface area contributed by atoms with Gasteiger partial charge in [-0.3, -0.25) is 4.90 Å². The van der Waals surface area contributed by atoms with Crippen molar-refractivity contribution in [3.8, 4) is 11.4 Å². The fraction of sp³-hybridized carbons (Fsp3) is 0.364. The summed E-state index contributed by atoms with van der Waals surface area (Å²) < 4.78 is 32.8. The Morgan fingerprint density at radius 3 is 2.72 bits per heavy atom. The summed E-state index contributed by atoms with van der Waals surface area (Å²) in [6, 6.07) is 13.2. The molecule has 1 fully saturated rings. The molecule has 29 heavy (non-hydrogen) atoms. The second kappa shape index (κ2) is 8.39. The van der Waals surface area contributed by atoms with Crippen molar-refractivity contribution in [3.63, 3.8) is 0 Å². The Bertz CT molecular complexity index is 964. The molecule has 1 atom stereocenters. The number of aliphatic hydroxyl groups is 1. The molecule has 0 bridgehead atoms. The molecular weight excluding hydrogens is 376 g/mol. The van der Waals surface area contributed by atoms with Crippen LogP contribution in [-0.4, -0.2) is 39.8 Å². The van der Waals surface area contributed by atoms with Crippen LogP contribution in [0.25, 0.3) is 11.4 Å². The largest absolute Gasteiger partial charge is 0.396 e. The first-order valence-corrected chi connectivity index (χ1v) is 9.72. The van der Waals surface area contributed by atoms with Crippen LogP contribution in [0.1, 0.15) is 24.3 Å². The lowest BCUT2D eigenvalue weighted by molar-refractivity contribution is 0.0241. The third-order valence-corrected chi connectivity index (χ3v) is 5.52. The van der Waals surface area contributed by atoms with Gasteiger partial charge >= 0.3 is 0 Å². The van der Waals surface area contributed by atoms with Gasteiger partial charge in [0.1, 0.15) is 11.6 Å². The standard InChI is InChI=1S/C22H23F2N3O2/c23-18-8-7-17(19(24)11-18)12-22(15-28)9-4-10-27(14-22)13-20-25-21(26-29-20)16-5-2-1-3-6-16/h1-3,5-8,11,28H,4,9-10,12-15H2/t22-/m0/s1. The van der Waals surface area contributed by atoms with E-state index in [9.17, 15) is 13.9 Å². The maximum absolute atomic E-state index is 14.2. The summed E-state index contributed by atoms with van der Waals surface area (Å²) in [4.78, 5) is 6.61. The second-order valence-corrected chi connectivity index (χ2v) is 7.76. The zero-order valence-electron chi connectivity index (χ0n) is 16.0. The van der Waals surface area contributed by atoms with E-state index >= 15 is 0 Å². The van der Waals surface area contributed by atoms with Gasteiger partial charge in [0.25, 0.3) is 0 Å². The summed E-state index contributed by atoms with van der Waals surface area (Å²) in [5.41, 5.74) is 0.822. The average molecular weight is 399 g/mol. The second-order valence-electron chi connectivity index (χ2n) is 7.76. The number of hydrogen-bond donors (Lipinski definition) is 1. The molecular formula is C22H23F2N3O2. The van der Waals surface area contributed by atoms with Crippen LogP contribution in [0, 0.1) is 17.0 Å². The zero-order chi connectivity index (χ0) is 20.3. The molecule has 2 heterocycles. The summed E-state index contributed by atoms with van der Waals surface area (Å²) in [6.45, 7) is 1.80. The molecule has 0 radical (unpaired) electrons. The highest BCUT2D eigenvalue weighted by molar-refractivity contribution is 5.53. The number of piperidine rings is 1. The van der Waals surface area contributed by atoms with E-state index in [1.807, 2.05) is 30.3 Å². The van der Waals surface area contributed by atoms with E-state index in [4.69, 9.17) is 4.52 Å². The molecule has 0 amide bonds. The Morgan fingerprint density at radius 1 is 1.14 bits per heavy atom. The van der Waals surface area contributed by atoms with Crippen molar-refractivity contribution in [2.45, 2.75) is 25.8 Å². The van der Waals surface area contributed by atoms with Crippen molar-refractivity contribution in [1.29, 1.82) is 0 Å². The molecule has 5 nitrogen and oxygen atoms in total. The van der Waals surface area contributed by atoms with Crippen LogP contribution in [0.2, 0.25) is 0 Å². The molecule has 1 aliphatic heterocycles. The first-order valence-electron chi connectivity index (χ1n) is 9.72. The van der Waals surface area contributed by atoms with Crippen LogP contribution in [0.3, 0.4) is 0 Å². The van der Waals surface area contributed by atoms with E-state index < -0.39 is 17.0 Å². The summed E-state index contributed by atoms with van der Waals surface area (Å²) >= 11 is 0. The Balaban J connectivity index is 1.46. The first kappa shape index (κ1) is 19.7. The third kappa shape index (κ3) is 4.52. The molecule has 2 aromatic carbocycles. The molecule has 0 spiro atoms. The van der Waals surface area contributed by atoms with E-state index in [1.54, 1.807) is 0 Å². The summed E-state index contributed by atoms with van der Waals surface area (Å²) in [5, 5.41) is 14.2. The average Bonchev–Trinajstić information content (AvgIpc) is 3.20. The number of likely N-dealkylation sites (tertiary alicyclic amines) is 1. The van der Waals surface area contributed by atoms with Gasteiger partial charge in [0, 0.05) is 23.6 Å². The SMILES string of the molecule is OC[C@]1(Cc2ccc(F)cc2F)CCCN(Cc2nc(-c3ccccc3)no2)C1. The smallest absolute Gasteiger partial charge is 0.241 e. The van der Waals surface area contributed by atoms with Crippen molar-refractivity contribution in [1.82, 2.24) is 15.0 Å². The number of benzene rings is 2. The fourth-order valence-corrected chi connectivity index (χ4v) is 4.06. The number of halogens is 2. The molecule has 0 unspecified atom stereocenters. The lowest BCUT2D eigenvalue weighted by Crippen LogP contribution is -2.46. The van der Waals surface area contributed by atoms with Crippen LogP contribution >= 0.6 is 0 Å². The molecule has 3 aromatic rings. The molecule has 1 N–H and O–H groups in total. The van der Waals surface area contributed by atoms with Crippen LogP contribution in [0.15, 0.2) is 53.1 Å². The predicted octanol–water partition coefficient (Wildman–Crippen LogP) is 3.83. The Labute approximate surface area is 168 Å². The van der Waals surface area contributed by atoms with Crippen molar-refractivity contribution in [2.24, 2.45) is 5.41 Å². The molecule has 0 aliphatic carbocycles. The van der Waals surface area contributed by atoms with E-state index in [2.05, 4.69) is 15.0 Å². The van der Waals surface area contributed by atoms with Gasteiger partial charge in [0.15, 0.2) is 0 Å². The minimum atomic E-state index is -0.597. The van der Waals surface area contributed by atoms with Gasteiger partial charge in [-0.2, -0.15) is 4.98 Å². The summed E-state index contributed by atoms with van der Waals surface area (Å²) in [5.74, 6) is -0.121. The van der Waals surface area contributed by atoms with Gasteiger partial charge in [-0.05, 0) is 37.4 Å². The maximum Gasteiger partial charge on any atom is 0.241 e. The van der Waals surface area contributed by atoms with Crippen LogP contribution in [0.5, 0.6) is 0 Å². The predicted molar refractivity (Wildman–Crippen MR) is 104 cm³/mol. The van der Waals surface area contributed by atoms with Gasteiger partial charge in [0.2, 0.25) is 11.7 Å². The quantitative estimate of drug-likeness (QED) is 0.683. The highest BCUT2D eigenvalue weighted by Gasteiger charge is 2.36. The van der Waals surface area contributed by atoms with E-state index in [-0.39, 0.29) is 6.61 Å². The topological polar surface area (TPSA) is 62.4 Å². The normalized spacial score (nSPS) is 20.1. The number of hydrogen-bond acceptors (Lipinski definition) is 5. The lowest BCUT2D eigenvalue weighted by Gasteiger charge is -2.41. The van der Waals surface area contributed by atoms with Crippen molar-refractivity contribution in [2.75, 3.05) is 19.7 Å². The monoisotopic (exact) mass is 399 g/mol. The third-order valence-electron chi connectivity index (χ3n) is 5.52. The number of nitrogens with zero attached hydrogens (tertiary/aromatic N) is 3. The van der Waals surface area contributed by atoms with Crippen LogP contribution in [0.4, 0.5) is 8.78 Å². The van der Waals surface area contributed by atoms with Gasteiger partial charge in [-0.1, -0.05) is 41.6 Å². The fourth-order valence-electron chi connectivity index (χ4n) is 4.06. The molecule has 7 heteroatoms. The van der Waals surface area contributed by atoms with Crippen molar-refractivity contribution in [3.05, 3.63) is 71.6 Å². The van der Waals surface area contributed by atoms with Crippen molar-refractivity contribution < 1.29 is 18.4 Å². The van der Waals surface area contributed by atoms with Gasteiger partial charge in [-0.25, -0.2) is 8.78 Å². The maximum atomic E-state index is 14.2. The zero-order valence-corrected chi connectivity index (χ0v) is 16.0. The number of aromatic nitrogens is 2. The molecule has 152 valence electrons. The first-order chi connectivity index (χ1) is 14.1. The van der Waals surface area contributed by atoms with Gasteiger partial charge in [0.05, 0.1) is 13.2 Å². The Morgan fingerprint density at radius 2 is 1.97 bits per heavy atom. The van der Waals surface area contributed by atoms with Crippen LogP contribution < -0.4 is 0 Å². The number of aliphatic hydroxyl groups excluding tert-OH is 1. The molecule has 0 saturated carbocycles. The Hall–Kier alpha value is -2.64. The van der Waals surface area contributed by atoms with E-state index in [0.29, 0.717) is 36.8 Å².